The number of nitrogens with zero attached hydrogens (tertiary/aromatic N) is 2. The Kier molecular flexibility index (Phi) is 3.14. The second-order valence-electron chi connectivity index (χ2n) is 4.82. The number of hydrogen-bond donors (Lipinski definition) is 1. The molecule has 0 saturated carbocycles. The van der Waals surface area contributed by atoms with Gasteiger partial charge in [0.05, 0.1) is 11.6 Å². The Balaban J connectivity index is 2.05. The van der Waals surface area contributed by atoms with Gasteiger partial charge in [-0.25, -0.2) is 0 Å². The van der Waals surface area contributed by atoms with Crippen molar-refractivity contribution in [2.45, 2.75) is 0 Å². The Morgan fingerprint density at radius 1 is 1.35 bits per heavy atom. The number of para-hydroxylation sites is 1. The van der Waals surface area contributed by atoms with Gasteiger partial charge in [0.15, 0.2) is 0 Å². The van der Waals surface area contributed by atoms with Gasteiger partial charge in [0, 0.05) is 31.0 Å². The van der Waals surface area contributed by atoms with Crippen LogP contribution in [0.25, 0.3) is 10.9 Å². The van der Waals surface area contributed by atoms with Crippen molar-refractivity contribution in [2.24, 2.45) is 7.05 Å². The van der Waals surface area contributed by atoms with E-state index in [1.807, 2.05) is 31.3 Å². The van der Waals surface area contributed by atoms with Gasteiger partial charge in [-0.3, -0.25) is 9.59 Å². The number of amides is 2. The molecule has 2 heterocycles. The lowest BCUT2D eigenvalue weighted by atomic mass is 10.2. The fourth-order valence-corrected chi connectivity index (χ4v) is 2.91. The first-order valence-corrected chi connectivity index (χ1v) is 6.76. The van der Waals surface area contributed by atoms with Gasteiger partial charge in [-0.1, -0.05) is 29.8 Å². The molecule has 6 heteroatoms. The average molecular weight is 292 g/mol. The molecule has 0 bridgehead atoms. The molecule has 1 aromatic heterocycles. The summed E-state index contributed by atoms with van der Waals surface area (Å²) in [5.41, 5.74) is 1.34. The fourth-order valence-electron chi connectivity index (χ4n) is 2.55. The molecule has 0 radical (unpaired) electrons. The number of nitrogens with one attached hydrogen (secondary N) is 1. The molecule has 1 N–H and O–H groups in total. The van der Waals surface area contributed by atoms with Crippen molar-refractivity contribution in [3.8, 4) is 0 Å². The smallest absolute Gasteiger partial charge is 0.272 e. The highest BCUT2D eigenvalue weighted by Crippen LogP contribution is 2.30. The van der Waals surface area contributed by atoms with Crippen molar-refractivity contribution >= 4 is 34.3 Å². The van der Waals surface area contributed by atoms with Crippen molar-refractivity contribution in [2.75, 3.05) is 19.6 Å². The first kappa shape index (κ1) is 13.0. The predicted octanol–water partition coefficient (Wildman–Crippen LogP) is 1.40. The molecule has 3 rings (SSSR count). The summed E-state index contributed by atoms with van der Waals surface area (Å²) in [6.07, 6.45) is 0. The van der Waals surface area contributed by atoms with E-state index in [0.29, 0.717) is 23.8 Å². The SMILES string of the molecule is Cn1c(C(=O)N2CCNC(=O)C2)c(Cl)c2ccccc21. The van der Waals surface area contributed by atoms with Crippen LogP contribution in [0.5, 0.6) is 0 Å². The third kappa shape index (κ3) is 1.94. The molecular formula is C14H14ClN3O2. The lowest BCUT2D eigenvalue weighted by Gasteiger charge is -2.26. The summed E-state index contributed by atoms with van der Waals surface area (Å²) in [5.74, 6) is -0.344. The molecule has 0 unspecified atom stereocenters. The molecule has 5 nitrogen and oxygen atoms in total. The normalized spacial score (nSPS) is 15.5. The van der Waals surface area contributed by atoms with Gasteiger partial charge in [-0.2, -0.15) is 0 Å². The third-order valence-corrected chi connectivity index (χ3v) is 3.96. The van der Waals surface area contributed by atoms with Crippen LogP contribution in [0.2, 0.25) is 5.02 Å². The Bertz CT molecular complexity index is 669. The van der Waals surface area contributed by atoms with Crippen molar-refractivity contribution in [3.05, 3.63) is 35.0 Å². The zero-order valence-corrected chi connectivity index (χ0v) is 11.8. The van der Waals surface area contributed by atoms with E-state index >= 15 is 0 Å². The van der Waals surface area contributed by atoms with Crippen LogP contribution in [-0.2, 0) is 11.8 Å². The molecule has 0 spiro atoms. The van der Waals surface area contributed by atoms with Gasteiger partial charge in [0.25, 0.3) is 5.91 Å². The zero-order chi connectivity index (χ0) is 14.3. The highest BCUT2D eigenvalue weighted by molar-refractivity contribution is 6.38. The highest BCUT2D eigenvalue weighted by Gasteiger charge is 2.27. The van der Waals surface area contributed by atoms with Crippen molar-refractivity contribution in [1.82, 2.24) is 14.8 Å². The van der Waals surface area contributed by atoms with Crippen LogP contribution in [-0.4, -0.2) is 40.9 Å². The number of piperazine rings is 1. The van der Waals surface area contributed by atoms with Crippen LogP contribution in [0.4, 0.5) is 0 Å². The largest absolute Gasteiger partial charge is 0.353 e. The minimum absolute atomic E-state index is 0.0800. The van der Waals surface area contributed by atoms with Crippen molar-refractivity contribution < 1.29 is 9.59 Å². The number of rotatable bonds is 1. The van der Waals surface area contributed by atoms with Crippen LogP contribution in [0.1, 0.15) is 10.5 Å². The standard InChI is InChI=1S/C14H14ClN3O2/c1-17-10-5-3-2-4-9(10)12(15)13(17)14(20)18-7-6-16-11(19)8-18/h2-5H,6-8H2,1H3,(H,16,19). The van der Waals surface area contributed by atoms with E-state index in [2.05, 4.69) is 5.32 Å². The van der Waals surface area contributed by atoms with Crippen LogP contribution in [0.15, 0.2) is 24.3 Å². The van der Waals surface area contributed by atoms with E-state index in [-0.39, 0.29) is 18.4 Å². The summed E-state index contributed by atoms with van der Waals surface area (Å²) in [4.78, 5) is 25.5. The molecule has 1 aliphatic rings. The van der Waals surface area contributed by atoms with Crippen LogP contribution < -0.4 is 5.32 Å². The number of aromatic nitrogens is 1. The molecule has 104 valence electrons. The molecule has 1 saturated heterocycles. The second kappa shape index (κ2) is 4.83. The molecule has 2 amide bonds. The van der Waals surface area contributed by atoms with Gasteiger partial charge < -0.3 is 14.8 Å². The van der Waals surface area contributed by atoms with Crippen LogP contribution in [0, 0.1) is 0 Å². The first-order chi connectivity index (χ1) is 9.59. The molecule has 1 aromatic carbocycles. The summed E-state index contributed by atoms with van der Waals surface area (Å²) in [6.45, 7) is 1.06. The predicted molar refractivity (Wildman–Crippen MR) is 76.8 cm³/mol. The van der Waals surface area contributed by atoms with Crippen LogP contribution in [0.3, 0.4) is 0 Å². The van der Waals surface area contributed by atoms with Gasteiger partial charge in [-0.15, -0.1) is 0 Å². The third-order valence-electron chi connectivity index (χ3n) is 3.57. The van der Waals surface area contributed by atoms with E-state index in [0.717, 1.165) is 10.9 Å². The number of benzene rings is 1. The van der Waals surface area contributed by atoms with E-state index in [4.69, 9.17) is 11.6 Å². The minimum atomic E-state index is -0.205. The maximum atomic E-state index is 12.6. The van der Waals surface area contributed by atoms with E-state index in [1.54, 1.807) is 4.57 Å². The summed E-state index contributed by atoms with van der Waals surface area (Å²) in [6, 6.07) is 7.59. The first-order valence-electron chi connectivity index (χ1n) is 6.38. The summed E-state index contributed by atoms with van der Waals surface area (Å²) < 4.78 is 1.78. The molecule has 0 aliphatic carbocycles. The quantitative estimate of drug-likeness (QED) is 0.863. The average Bonchev–Trinajstić information content (AvgIpc) is 2.71. The van der Waals surface area contributed by atoms with Crippen LogP contribution >= 0.6 is 11.6 Å². The van der Waals surface area contributed by atoms with E-state index in [9.17, 15) is 9.59 Å². The van der Waals surface area contributed by atoms with E-state index < -0.39 is 0 Å². The van der Waals surface area contributed by atoms with Gasteiger partial charge in [0.1, 0.15) is 5.69 Å². The molecule has 20 heavy (non-hydrogen) atoms. The van der Waals surface area contributed by atoms with E-state index in [1.165, 1.54) is 4.90 Å². The fraction of sp³-hybridized carbons (Fsp3) is 0.286. The second-order valence-corrected chi connectivity index (χ2v) is 5.19. The Labute approximate surface area is 121 Å². The maximum absolute atomic E-state index is 12.6. The van der Waals surface area contributed by atoms with Gasteiger partial charge in [0.2, 0.25) is 5.91 Å². The topological polar surface area (TPSA) is 54.3 Å². The number of fused-ring (bicyclic) bond motifs is 1. The monoisotopic (exact) mass is 291 g/mol. The molecule has 0 atom stereocenters. The van der Waals surface area contributed by atoms with Gasteiger partial charge in [-0.05, 0) is 6.07 Å². The molecule has 1 aliphatic heterocycles. The number of aryl methyl sites for hydroxylation is 1. The number of hydrogen-bond acceptors (Lipinski definition) is 2. The van der Waals surface area contributed by atoms with Crippen molar-refractivity contribution in [1.29, 1.82) is 0 Å². The Morgan fingerprint density at radius 3 is 2.80 bits per heavy atom. The zero-order valence-electron chi connectivity index (χ0n) is 11.0. The molecule has 1 fully saturated rings. The summed E-state index contributed by atoms with van der Waals surface area (Å²) in [5, 5.41) is 3.99. The Hall–Kier alpha value is -2.01. The Morgan fingerprint density at radius 2 is 2.10 bits per heavy atom. The number of carbonyl (C=O) groups is 2. The summed E-state index contributed by atoms with van der Waals surface area (Å²) in [7, 11) is 1.81. The molecule has 2 aromatic rings. The number of carbonyl (C=O) groups excluding carboxylic acids is 2. The molecular weight excluding hydrogens is 278 g/mol. The number of halogens is 1. The lowest BCUT2D eigenvalue weighted by Crippen LogP contribution is -2.50. The minimum Gasteiger partial charge on any atom is -0.353 e. The van der Waals surface area contributed by atoms with Gasteiger partial charge >= 0.3 is 0 Å². The summed E-state index contributed by atoms with van der Waals surface area (Å²) >= 11 is 6.34. The van der Waals surface area contributed by atoms with Crippen molar-refractivity contribution in [3.63, 3.8) is 0 Å². The maximum Gasteiger partial charge on any atom is 0.272 e. The lowest BCUT2D eigenvalue weighted by molar-refractivity contribution is -0.123. The highest BCUT2D eigenvalue weighted by atomic mass is 35.5.